The summed E-state index contributed by atoms with van der Waals surface area (Å²) in [5.74, 6) is -12.7. The van der Waals surface area contributed by atoms with Crippen LogP contribution in [0.2, 0.25) is 0 Å². The van der Waals surface area contributed by atoms with Crippen molar-refractivity contribution >= 4 is 40.1 Å². The highest BCUT2D eigenvalue weighted by atomic mass is 35.5. The van der Waals surface area contributed by atoms with Crippen LogP contribution in [0.25, 0.3) is 0 Å². The summed E-state index contributed by atoms with van der Waals surface area (Å²) in [7, 11) is 1.53. The van der Waals surface area contributed by atoms with Gasteiger partial charge in [-0.1, -0.05) is 19.1 Å². The third kappa shape index (κ3) is 9.48. The number of rotatable bonds is 10. The Balaban J connectivity index is 0.000000663. The van der Waals surface area contributed by atoms with Crippen molar-refractivity contribution in [1.29, 1.82) is 0 Å². The maximum absolute atomic E-state index is 13.2. The normalized spacial score (nSPS) is 15.7. The van der Waals surface area contributed by atoms with Gasteiger partial charge < -0.3 is 14.8 Å². The summed E-state index contributed by atoms with van der Waals surface area (Å²) in [6, 6.07) is 10.5. The maximum atomic E-state index is 13.2. The van der Waals surface area contributed by atoms with Gasteiger partial charge >= 0.3 is 35.3 Å². The third-order valence-corrected chi connectivity index (χ3v) is 6.60. The lowest BCUT2D eigenvalue weighted by Crippen LogP contribution is -2.47. The van der Waals surface area contributed by atoms with Crippen LogP contribution in [0.4, 0.5) is 49.6 Å². The van der Waals surface area contributed by atoms with Crippen LogP contribution < -0.4 is 14.8 Å². The van der Waals surface area contributed by atoms with Crippen LogP contribution in [0.3, 0.4) is 0 Å². The molecule has 1 N–H and O–H groups in total. The van der Waals surface area contributed by atoms with Crippen molar-refractivity contribution in [2.45, 2.75) is 57.4 Å². The van der Waals surface area contributed by atoms with Crippen molar-refractivity contribution < 1.29 is 67.8 Å². The molecule has 1 aliphatic rings. The molecule has 8 nitrogen and oxygen atoms in total. The van der Waals surface area contributed by atoms with E-state index in [0.29, 0.717) is 35.8 Å². The summed E-state index contributed by atoms with van der Waals surface area (Å²) in [5, 5.41) is 4.69. The highest BCUT2D eigenvalue weighted by Gasteiger charge is 2.64. The van der Waals surface area contributed by atoms with Crippen molar-refractivity contribution in [2.75, 3.05) is 19.0 Å². The van der Waals surface area contributed by atoms with E-state index < -0.39 is 35.3 Å². The lowest BCUT2D eigenvalue weighted by molar-refractivity contribution is -0.267. The van der Waals surface area contributed by atoms with Crippen molar-refractivity contribution in [1.82, 2.24) is 5.01 Å². The number of methoxy groups -OCH3 is 1. The SMILES string of the molecule is CCOc1cc(C2=NN(Cc3ccc(NC(=O)C(F)(F)C(F)(F)F)cc3)C(=O)CC2CC)ccc1OC.O=C(Cl)C(F)(F)C(F)(F)F. The van der Waals surface area contributed by atoms with E-state index in [2.05, 4.69) is 16.7 Å². The summed E-state index contributed by atoms with van der Waals surface area (Å²) in [6.45, 7) is 4.25. The Kier molecular flexibility index (Phi) is 12.6. The van der Waals surface area contributed by atoms with Gasteiger partial charge in [-0.25, -0.2) is 5.01 Å². The Morgan fingerprint density at radius 3 is 1.94 bits per heavy atom. The number of hydrogen-bond donors (Lipinski definition) is 1. The quantitative estimate of drug-likeness (QED) is 0.206. The second kappa shape index (κ2) is 15.2. The molecule has 0 fully saturated rings. The molecule has 1 aliphatic heterocycles. The van der Waals surface area contributed by atoms with Gasteiger partial charge in [0.1, 0.15) is 0 Å². The van der Waals surface area contributed by atoms with Crippen LogP contribution in [0.15, 0.2) is 47.6 Å². The molecule has 2 aromatic rings. The Bertz CT molecular complexity index is 1460. The Hall–Kier alpha value is -4.09. The van der Waals surface area contributed by atoms with E-state index >= 15 is 0 Å². The summed E-state index contributed by atoms with van der Waals surface area (Å²) >= 11 is 3.95. The third-order valence-electron chi connectivity index (χ3n) is 6.36. The second-order valence-electron chi connectivity index (χ2n) is 9.61. The second-order valence-corrected chi connectivity index (χ2v) is 9.96. The molecule has 260 valence electrons. The molecular weight excluding hydrogens is 684 g/mol. The number of benzene rings is 2. The fraction of sp³-hybridized carbons (Fsp3) is 0.429. The number of hydrogen-bond acceptors (Lipinski definition) is 6. The molecule has 0 bridgehead atoms. The van der Waals surface area contributed by atoms with Gasteiger partial charge in [0, 0.05) is 23.6 Å². The van der Waals surface area contributed by atoms with Crippen LogP contribution >= 0.6 is 11.6 Å². The minimum Gasteiger partial charge on any atom is -0.493 e. The lowest BCUT2D eigenvalue weighted by Gasteiger charge is -2.29. The van der Waals surface area contributed by atoms with Crippen LogP contribution in [-0.4, -0.2) is 65.7 Å². The number of hydrazone groups is 1. The van der Waals surface area contributed by atoms with Gasteiger partial charge in [-0.05, 0) is 60.8 Å². The molecule has 0 aliphatic carbocycles. The molecule has 0 saturated heterocycles. The van der Waals surface area contributed by atoms with E-state index in [0.717, 1.165) is 5.56 Å². The number of amides is 2. The first-order valence-corrected chi connectivity index (χ1v) is 13.7. The zero-order valence-corrected chi connectivity index (χ0v) is 25.3. The van der Waals surface area contributed by atoms with Gasteiger partial charge in [0.05, 0.1) is 26.0 Å². The minimum absolute atomic E-state index is 0.0280. The molecule has 2 aromatic carbocycles. The topological polar surface area (TPSA) is 97.3 Å². The van der Waals surface area contributed by atoms with Crippen LogP contribution in [0, 0.1) is 5.92 Å². The highest BCUT2D eigenvalue weighted by Crippen LogP contribution is 2.38. The van der Waals surface area contributed by atoms with E-state index in [9.17, 15) is 58.3 Å². The molecule has 0 spiro atoms. The number of nitrogens with zero attached hydrogens (tertiary/aromatic N) is 2. The molecule has 0 saturated carbocycles. The van der Waals surface area contributed by atoms with Gasteiger partial charge in [-0.15, -0.1) is 0 Å². The maximum Gasteiger partial charge on any atom is 0.463 e. The average molecular weight is 710 g/mol. The van der Waals surface area contributed by atoms with Gasteiger partial charge in [0.25, 0.3) is 0 Å². The largest absolute Gasteiger partial charge is 0.493 e. The molecule has 3 rings (SSSR count). The Labute approximate surface area is 265 Å². The van der Waals surface area contributed by atoms with Gasteiger partial charge in [-0.3, -0.25) is 14.4 Å². The first-order valence-electron chi connectivity index (χ1n) is 13.3. The van der Waals surface area contributed by atoms with E-state index in [-0.39, 0.29) is 30.5 Å². The van der Waals surface area contributed by atoms with Crippen LogP contribution in [0.1, 0.15) is 37.8 Å². The zero-order valence-electron chi connectivity index (χ0n) is 24.5. The van der Waals surface area contributed by atoms with Crippen molar-refractivity contribution in [2.24, 2.45) is 11.0 Å². The summed E-state index contributed by atoms with van der Waals surface area (Å²) in [5.41, 5.74) is 1.72. The number of carbonyl (C=O) groups excluding carboxylic acids is 3. The average Bonchev–Trinajstić information content (AvgIpc) is 2.98. The number of carbonyl (C=O) groups is 3. The molecule has 0 aromatic heterocycles. The van der Waals surface area contributed by atoms with Crippen molar-refractivity contribution in [3.8, 4) is 11.5 Å². The minimum atomic E-state index is -6.01. The van der Waals surface area contributed by atoms with Gasteiger partial charge in [-0.2, -0.15) is 49.0 Å². The summed E-state index contributed by atoms with van der Waals surface area (Å²) in [4.78, 5) is 33.6. The molecule has 1 atom stereocenters. The Morgan fingerprint density at radius 2 is 1.49 bits per heavy atom. The van der Waals surface area contributed by atoms with Crippen molar-refractivity contribution in [3.05, 3.63) is 53.6 Å². The van der Waals surface area contributed by atoms with E-state index in [4.69, 9.17) is 9.47 Å². The summed E-state index contributed by atoms with van der Waals surface area (Å²) in [6.07, 6.45) is -11.0. The number of nitrogens with one attached hydrogen (secondary N) is 1. The van der Waals surface area contributed by atoms with Crippen LogP contribution in [0.5, 0.6) is 11.5 Å². The molecular formula is C28H26ClF10N3O5. The first-order chi connectivity index (χ1) is 21.6. The Morgan fingerprint density at radius 1 is 0.915 bits per heavy atom. The van der Waals surface area contributed by atoms with Crippen LogP contribution in [-0.2, 0) is 20.9 Å². The number of alkyl halides is 10. The number of anilines is 1. The molecule has 19 heteroatoms. The van der Waals surface area contributed by atoms with E-state index in [1.165, 1.54) is 36.4 Å². The van der Waals surface area contributed by atoms with Gasteiger partial charge in [0.15, 0.2) is 11.5 Å². The predicted octanol–water partition coefficient (Wildman–Crippen LogP) is 7.34. The standard InChI is InChI=1S/C25H26F5N3O4.C3ClF5O/c1-4-16-13-21(34)33(32-22(16)17-8-11-19(36-3)20(12-17)37-5-2)14-15-6-9-18(10-7-15)31-23(35)24(26,27)25(28,29)30;4-1(10)2(5,6)3(7,8)9/h6-12,16H,4-5,13-14H2,1-3H3,(H,31,35);. The highest BCUT2D eigenvalue weighted by molar-refractivity contribution is 6.65. The predicted molar refractivity (Wildman–Crippen MR) is 148 cm³/mol. The number of ether oxygens (including phenoxy) is 2. The molecule has 1 heterocycles. The van der Waals surface area contributed by atoms with Gasteiger partial charge in [0.2, 0.25) is 5.91 Å². The van der Waals surface area contributed by atoms with Crippen molar-refractivity contribution in [3.63, 3.8) is 0 Å². The van der Waals surface area contributed by atoms with E-state index in [1.54, 1.807) is 17.4 Å². The number of halogens is 11. The molecule has 1 unspecified atom stereocenters. The van der Waals surface area contributed by atoms with E-state index in [1.807, 2.05) is 19.9 Å². The molecule has 2 amide bonds. The first kappa shape index (κ1) is 39.1. The monoisotopic (exact) mass is 709 g/mol. The molecule has 0 radical (unpaired) electrons. The molecule has 47 heavy (non-hydrogen) atoms. The smallest absolute Gasteiger partial charge is 0.463 e. The fourth-order valence-electron chi connectivity index (χ4n) is 3.86. The summed E-state index contributed by atoms with van der Waals surface area (Å²) < 4.78 is 130. The fourth-order valence-corrected chi connectivity index (χ4v) is 3.96. The zero-order chi connectivity index (χ0) is 36.0. The lowest BCUT2D eigenvalue weighted by atomic mass is 9.89.